The zero-order chi connectivity index (χ0) is 22.3. The molecule has 0 atom stereocenters. The summed E-state index contributed by atoms with van der Waals surface area (Å²) in [6.45, 7) is 1.22. The summed E-state index contributed by atoms with van der Waals surface area (Å²) >= 11 is 3.32. The van der Waals surface area contributed by atoms with Crippen molar-refractivity contribution in [3.8, 4) is 0 Å². The fraction of sp³-hybridized carbons (Fsp3) is 0.364. The zero-order valence-corrected chi connectivity index (χ0v) is 19.5. The van der Waals surface area contributed by atoms with Crippen molar-refractivity contribution in [2.24, 2.45) is 0 Å². The van der Waals surface area contributed by atoms with Crippen LogP contribution in [0.15, 0.2) is 57.9 Å². The summed E-state index contributed by atoms with van der Waals surface area (Å²) in [7, 11) is -3.58. The molecule has 0 aromatic heterocycles. The summed E-state index contributed by atoms with van der Waals surface area (Å²) in [4.78, 5) is 24.5. The molecular weight excluding hydrogens is 482 g/mol. The lowest BCUT2D eigenvalue weighted by atomic mass is 10.2. The minimum atomic E-state index is -3.58. The van der Waals surface area contributed by atoms with Crippen LogP contribution in [0.2, 0.25) is 0 Å². The number of halogens is 1. The molecule has 166 valence electrons. The van der Waals surface area contributed by atoms with Crippen molar-refractivity contribution >= 4 is 43.5 Å². The number of rotatable bonds is 7. The van der Waals surface area contributed by atoms with Gasteiger partial charge in [0.2, 0.25) is 15.9 Å². The summed E-state index contributed by atoms with van der Waals surface area (Å²) in [6, 6.07) is 13.2. The number of hydrogen-bond acceptors (Lipinski definition) is 4. The van der Waals surface area contributed by atoms with Gasteiger partial charge in [0.05, 0.1) is 4.90 Å². The predicted molar refractivity (Wildman–Crippen MR) is 123 cm³/mol. The van der Waals surface area contributed by atoms with Gasteiger partial charge in [0, 0.05) is 41.8 Å². The molecule has 0 saturated carbocycles. The van der Waals surface area contributed by atoms with E-state index in [0.29, 0.717) is 24.3 Å². The lowest BCUT2D eigenvalue weighted by Crippen LogP contribution is -2.32. The highest BCUT2D eigenvalue weighted by Gasteiger charge is 2.25. The third-order valence-electron chi connectivity index (χ3n) is 5.06. The van der Waals surface area contributed by atoms with Crippen molar-refractivity contribution in [3.05, 3.63) is 58.6 Å². The molecule has 0 unspecified atom stereocenters. The molecule has 0 aliphatic carbocycles. The summed E-state index contributed by atoms with van der Waals surface area (Å²) in [5.74, 6) is -0.564. The molecule has 9 heteroatoms. The number of sulfonamides is 1. The molecule has 1 aliphatic heterocycles. The monoisotopic (exact) mass is 507 g/mol. The number of carbonyl (C=O) groups excluding carboxylic acids is 2. The van der Waals surface area contributed by atoms with E-state index >= 15 is 0 Å². The Morgan fingerprint density at radius 2 is 1.65 bits per heavy atom. The first-order valence-corrected chi connectivity index (χ1v) is 12.5. The van der Waals surface area contributed by atoms with Gasteiger partial charge >= 0.3 is 0 Å². The highest BCUT2D eigenvalue weighted by molar-refractivity contribution is 9.10. The molecule has 1 saturated heterocycles. The van der Waals surface area contributed by atoms with Crippen molar-refractivity contribution < 1.29 is 18.0 Å². The number of nitrogens with zero attached hydrogens (tertiary/aromatic N) is 1. The van der Waals surface area contributed by atoms with E-state index in [4.69, 9.17) is 0 Å². The van der Waals surface area contributed by atoms with Crippen LogP contribution in [0, 0.1) is 0 Å². The summed E-state index contributed by atoms with van der Waals surface area (Å²) in [5, 5.41) is 5.41. The van der Waals surface area contributed by atoms with E-state index < -0.39 is 10.0 Å². The molecule has 1 aliphatic rings. The Bertz CT molecular complexity index is 1020. The maximum atomic E-state index is 12.9. The van der Waals surface area contributed by atoms with Crippen LogP contribution in [-0.2, 0) is 14.8 Å². The van der Waals surface area contributed by atoms with Gasteiger partial charge in [0.1, 0.15) is 0 Å². The van der Waals surface area contributed by atoms with Crippen molar-refractivity contribution in [3.63, 3.8) is 0 Å². The Morgan fingerprint density at radius 1 is 0.968 bits per heavy atom. The van der Waals surface area contributed by atoms with Crippen LogP contribution in [-0.4, -0.2) is 44.2 Å². The zero-order valence-electron chi connectivity index (χ0n) is 17.1. The van der Waals surface area contributed by atoms with E-state index in [0.717, 1.165) is 30.2 Å². The lowest BCUT2D eigenvalue weighted by Gasteiger charge is -2.20. The molecule has 2 amide bonds. The molecule has 2 aromatic rings. The highest BCUT2D eigenvalue weighted by atomic mass is 79.9. The van der Waals surface area contributed by atoms with E-state index in [1.54, 1.807) is 42.5 Å². The van der Waals surface area contributed by atoms with Gasteiger partial charge < -0.3 is 10.6 Å². The molecule has 1 fully saturated rings. The van der Waals surface area contributed by atoms with E-state index in [1.807, 2.05) is 0 Å². The van der Waals surface area contributed by atoms with Crippen molar-refractivity contribution in [2.75, 3.05) is 25.0 Å². The van der Waals surface area contributed by atoms with Crippen LogP contribution >= 0.6 is 15.9 Å². The minimum Gasteiger partial charge on any atom is -0.352 e. The standard InChI is InChI=1S/C22H26BrN3O4S/c23-18-10-8-17(9-11-18)22(28)24-13-12-21(27)25-19-6-5-7-20(16-19)31(29,30)26-14-3-1-2-4-15-26/h5-11,16H,1-4,12-15H2,(H,24,28)(H,25,27). The summed E-state index contributed by atoms with van der Waals surface area (Å²) in [6.07, 6.45) is 3.88. The van der Waals surface area contributed by atoms with Gasteiger partial charge in [0.15, 0.2) is 0 Å². The molecule has 0 spiro atoms. The van der Waals surface area contributed by atoms with E-state index in [9.17, 15) is 18.0 Å². The van der Waals surface area contributed by atoms with Gasteiger partial charge in [-0.15, -0.1) is 0 Å². The van der Waals surface area contributed by atoms with Gasteiger partial charge in [-0.25, -0.2) is 8.42 Å². The normalized spacial score (nSPS) is 15.1. The van der Waals surface area contributed by atoms with E-state index in [2.05, 4.69) is 26.6 Å². The second kappa shape index (κ2) is 10.9. The van der Waals surface area contributed by atoms with Crippen molar-refractivity contribution in [1.82, 2.24) is 9.62 Å². The summed E-state index contributed by atoms with van der Waals surface area (Å²) in [5.41, 5.74) is 0.926. The molecule has 2 N–H and O–H groups in total. The maximum absolute atomic E-state index is 12.9. The molecule has 0 radical (unpaired) electrons. The van der Waals surface area contributed by atoms with Crippen LogP contribution in [0.25, 0.3) is 0 Å². The van der Waals surface area contributed by atoms with Gasteiger partial charge in [-0.1, -0.05) is 34.8 Å². The third-order valence-corrected chi connectivity index (χ3v) is 7.49. The summed E-state index contributed by atoms with van der Waals surface area (Å²) < 4.78 is 28.3. The molecule has 3 rings (SSSR count). The molecular formula is C22H26BrN3O4S. The van der Waals surface area contributed by atoms with Crippen molar-refractivity contribution in [2.45, 2.75) is 37.0 Å². The number of nitrogens with one attached hydrogen (secondary N) is 2. The van der Waals surface area contributed by atoms with Crippen LogP contribution in [0.4, 0.5) is 5.69 Å². The maximum Gasteiger partial charge on any atom is 0.251 e. The molecule has 31 heavy (non-hydrogen) atoms. The quantitative estimate of drug-likeness (QED) is 0.595. The van der Waals surface area contributed by atoms with E-state index in [1.165, 1.54) is 10.4 Å². The predicted octanol–water partition coefficient (Wildman–Crippen LogP) is 3.77. The van der Waals surface area contributed by atoms with Crippen molar-refractivity contribution in [1.29, 1.82) is 0 Å². The molecule has 7 nitrogen and oxygen atoms in total. The van der Waals surface area contributed by atoms with E-state index in [-0.39, 0.29) is 29.7 Å². The first-order valence-electron chi connectivity index (χ1n) is 10.3. The van der Waals surface area contributed by atoms with Gasteiger partial charge in [-0.3, -0.25) is 9.59 Å². The smallest absolute Gasteiger partial charge is 0.251 e. The Balaban J connectivity index is 1.54. The lowest BCUT2D eigenvalue weighted by molar-refractivity contribution is -0.116. The SMILES string of the molecule is O=C(CCNC(=O)c1ccc(Br)cc1)Nc1cccc(S(=O)(=O)N2CCCCCC2)c1. The fourth-order valence-corrected chi connectivity index (χ4v) is 5.21. The number of carbonyl (C=O) groups is 2. The average molecular weight is 508 g/mol. The van der Waals surface area contributed by atoms with Gasteiger partial charge in [-0.05, 0) is 55.3 Å². The molecule has 2 aromatic carbocycles. The Kier molecular flexibility index (Phi) is 8.22. The largest absolute Gasteiger partial charge is 0.352 e. The minimum absolute atomic E-state index is 0.0748. The van der Waals surface area contributed by atoms with Crippen LogP contribution < -0.4 is 10.6 Å². The van der Waals surface area contributed by atoms with Crippen LogP contribution in [0.3, 0.4) is 0 Å². The second-order valence-corrected chi connectivity index (χ2v) is 10.3. The van der Waals surface area contributed by atoms with Gasteiger partial charge in [-0.2, -0.15) is 4.31 Å². The number of hydrogen-bond donors (Lipinski definition) is 2. The second-order valence-electron chi connectivity index (χ2n) is 7.41. The Labute approximate surface area is 191 Å². The Morgan fingerprint density at radius 3 is 2.32 bits per heavy atom. The number of anilines is 1. The topological polar surface area (TPSA) is 95.6 Å². The average Bonchev–Trinajstić information content (AvgIpc) is 3.04. The third kappa shape index (κ3) is 6.62. The number of benzene rings is 2. The first-order chi connectivity index (χ1) is 14.9. The number of amides is 2. The van der Waals surface area contributed by atoms with Gasteiger partial charge in [0.25, 0.3) is 5.91 Å². The molecule has 0 bridgehead atoms. The van der Waals surface area contributed by atoms with Crippen LogP contribution in [0.1, 0.15) is 42.5 Å². The first kappa shape index (κ1) is 23.4. The molecule has 1 heterocycles. The van der Waals surface area contributed by atoms with Crippen LogP contribution in [0.5, 0.6) is 0 Å². The fourth-order valence-electron chi connectivity index (χ4n) is 3.38. The Hall–Kier alpha value is -2.23. The highest BCUT2D eigenvalue weighted by Crippen LogP contribution is 2.22.